The first-order valence-corrected chi connectivity index (χ1v) is 5.71. The first-order valence-electron chi connectivity index (χ1n) is 5.71. The molecule has 0 heterocycles. The number of rotatable bonds is 4. The molecular formula is C16H14O2. The smallest absolute Gasteiger partial charge is 0.123 e. The molecule has 0 aliphatic carbocycles. The van der Waals surface area contributed by atoms with Crippen LogP contribution in [-0.4, -0.2) is 5.11 Å². The fourth-order valence-electron chi connectivity index (χ4n) is 1.63. The fraction of sp³-hybridized carbons (Fsp3) is 0.125. The van der Waals surface area contributed by atoms with E-state index >= 15 is 0 Å². The lowest BCUT2D eigenvalue weighted by Crippen LogP contribution is -1.95. The molecule has 0 aliphatic rings. The van der Waals surface area contributed by atoms with Gasteiger partial charge < -0.3 is 9.84 Å². The van der Waals surface area contributed by atoms with E-state index < -0.39 is 0 Å². The van der Waals surface area contributed by atoms with E-state index in [0.717, 1.165) is 11.1 Å². The first-order chi connectivity index (χ1) is 8.79. The summed E-state index contributed by atoms with van der Waals surface area (Å²) in [7, 11) is 0. The summed E-state index contributed by atoms with van der Waals surface area (Å²) in [5, 5.41) is 9.74. The Balaban J connectivity index is 2.03. The molecule has 0 aliphatic heterocycles. The molecule has 2 rings (SSSR count). The first kappa shape index (κ1) is 12.1. The van der Waals surface area contributed by atoms with Gasteiger partial charge in [0.05, 0.1) is 0 Å². The predicted octanol–water partition coefficient (Wildman–Crippen LogP) is 3.15. The second-order valence-corrected chi connectivity index (χ2v) is 3.95. The summed E-state index contributed by atoms with van der Waals surface area (Å²) in [6, 6.07) is 15.1. The van der Waals surface area contributed by atoms with Gasteiger partial charge in [0.15, 0.2) is 0 Å². The van der Waals surface area contributed by atoms with Gasteiger partial charge >= 0.3 is 0 Å². The van der Waals surface area contributed by atoms with Crippen molar-refractivity contribution in [2.75, 3.05) is 0 Å². The van der Waals surface area contributed by atoms with Crippen LogP contribution in [0.2, 0.25) is 0 Å². The van der Waals surface area contributed by atoms with E-state index in [9.17, 15) is 5.11 Å². The lowest BCUT2D eigenvalue weighted by molar-refractivity contribution is 0.304. The average Bonchev–Trinajstić information content (AvgIpc) is 2.41. The Hall–Kier alpha value is -2.40. The lowest BCUT2D eigenvalue weighted by Gasteiger charge is -2.08. The molecule has 0 radical (unpaired) electrons. The fourth-order valence-corrected chi connectivity index (χ4v) is 1.63. The highest BCUT2D eigenvalue weighted by atomic mass is 16.5. The maximum absolute atomic E-state index is 9.74. The van der Waals surface area contributed by atoms with Gasteiger partial charge in [0.1, 0.15) is 18.1 Å². The molecule has 0 amide bonds. The maximum atomic E-state index is 9.74. The molecule has 0 spiro atoms. The van der Waals surface area contributed by atoms with E-state index in [4.69, 9.17) is 11.2 Å². The second kappa shape index (κ2) is 5.79. The standard InChI is InChI=1S/C16H14O2/c1-2-6-14-9-10-15(11-16(14)17)18-12-13-7-4-3-5-8-13/h1,3-5,7-11,17H,6,12H2. The Bertz CT molecular complexity index is 553. The molecule has 0 bridgehead atoms. The van der Waals surface area contributed by atoms with Gasteiger partial charge in [-0.1, -0.05) is 36.4 Å². The average molecular weight is 238 g/mol. The van der Waals surface area contributed by atoms with E-state index in [1.54, 1.807) is 12.1 Å². The van der Waals surface area contributed by atoms with Crippen LogP contribution in [0.1, 0.15) is 11.1 Å². The zero-order valence-electron chi connectivity index (χ0n) is 9.97. The Kier molecular flexibility index (Phi) is 3.88. The van der Waals surface area contributed by atoms with Gasteiger partial charge in [0, 0.05) is 18.1 Å². The van der Waals surface area contributed by atoms with Crippen molar-refractivity contribution in [1.29, 1.82) is 0 Å². The zero-order chi connectivity index (χ0) is 12.8. The molecular weight excluding hydrogens is 224 g/mol. The molecule has 2 nitrogen and oxygen atoms in total. The topological polar surface area (TPSA) is 29.5 Å². The van der Waals surface area contributed by atoms with Gasteiger partial charge in [-0.25, -0.2) is 0 Å². The summed E-state index contributed by atoms with van der Waals surface area (Å²) < 4.78 is 5.59. The predicted molar refractivity (Wildman–Crippen MR) is 71.4 cm³/mol. The van der Waals surface area contributed by atoms with E-state index in [1.165, 1.54) is 0 Å². The van der Waals surface area contributed by atoms with E-state index in [0.29, 0.717) is 18.8 Å². The van der Waals surface area contributed by atoms with Crippen LogP contribution in [0, 0.1) is 12.3 Å². The molecule has 0 saturated heterocycles. The van der Waals surface area contributed by atoms with E-state index in [-0.39, 0.29) is 5.75 Å². The maximum Gasteiger partial charge on any atom is 0.123 e. The van der Waals surface area contributed by atoms with Crippen LogP contribution in [0.3, 0.4) is 0 Å². The van der Waals surface area contributed by atoms with E-state index in [2.05, 4.69) is 5.92 Å². The number of hydrogen-bond donors (Lipinski definition) is 1. The number of terminal acetylenes is 1. The molecule has 0 unspecified atom stereocenters. The summed E-state index contributed by atoms with van der Waals surface area (Å²) in [5.41, 5.74) is 1.83. The van der Waals surface area contributed by atoms with Crippen molar-refractivity contribution in [3.8, 4) is 23.8 Å². The lowest BCUT2D eigenvalue weighted by atomic mass is 10.1. The Morgan fingerprint density at radius 1 is 1.11 bits per heavy atom. The molecule has 2 aromatic carbocycles. The van der Waals surface area contributed by atoms with Crippen LogP contribution in [0.25, 0.3) is 0 Å². The quantitative estimate of drug-likeness (QED) is 0.829. The minimum Gasteiger partial charge on any atom is -0.507 e. The Morgan fingerprint density at radius 2 is 1.89 bits per heavy atom. The molecule has 0 saturated carbocycles. The van der Waals surface area contributed by atoms with Crippen LogP contribution < -0.4 is 4.74 Å². The molecule has 18 heavy (non-hydrogen) atoms. The van der Waals surface area contributed by atoms with Crippen molar-refractivity contribution in [2.24, 2.45) is 0 Å². The van der Waals surface area contributed by atoms with Crippen LogP contribution in [0.5, 0.6) is 11.5 Å². The number of ether oxygens (including phenoxy) is 1. The number of aromatic hydroxyl groups is 1. The highest BCUT2D eigenvalue weighted by Gasteiger charge is 2.02. The normalized spacial score (nSPS) is 9.72. The van der Waals surface area contributed by atoms with Crippen molar-refractivity contribution in [1.82, 2.24) is 0 Å². The van der Waals surface area contributed by atoms with Gasteiger partial charge in [-0.3, -0.25) is 0 Å². The van der Waals surface area contributed by atoms with Gasteiger partial charge in [0.25, 0.3) is 0 Å². The summed E-state index contributed by atoms with van der Waals surface area (Å²) >= 11 is 0. The summed E-state index contributed by atoms with van der Waals surface area (Å²) in [5.74, 6) is 3.32. The Labute approximate surface area is 107 Å². The van der Waals surface area contributed by atoms with Crippen LogP contribution in [0.15, 0.2) is 48.5 Å². The Morgan fingerprint density at radius 3 is 2.56 bits per heavy atom. The third-order valence-corrected chi connectivity index (χ3v) is 2.60. The molecule has 1 N–H and O–H groups in total. The van der Waals surface area contributed by atoms with Crippen molar-refractivity contribution in [3.05, 3.63) is 59.7 Å². The number of phenolic OH excluding ortho intramolecular Hbond substituents is 1. The molecule has 90 valence electrons. The number of hydrogen-bond acceptors (Lipinski definition) is 2. The largest absolute Gasteiger partial charge is 0.507 e. The van der Waals surface area contributed by atoms with Gasteiger partial charge in [-0.05, 0) is 11.6 Å². The minimum atomic E-state index is 0.179. The minimum absolute atomic E-state index is 0.179. The zero-order valence-corrected chi connectivity index (χ0v) is 9.97. The number of phenols is 1. The third kappa shape index (κ3) is 3.05. The van der Waals surface area contributed by atoms with E-state index in [1.807, 2.05) is 36.4 Å². The van der Waals surface area contributed by atoms with Crippen LogP contribution in [0.4, 0.5) is 0 Å². The van der Waals surface area contributed by atoms with Gasteiger partial charge in [0.2, 0.25) is 0 Å². The summed E-state index contributed by atoms with van der Waals surface area (Å²) in [4.78, 5) is 0. The molecule has 0 atom stereocenters. The van der Waals surface area contributed by atoms with Crippen LogP contribution >= 0.6 is 0 Å². The SMILES string of the molecule is C#CCc1ccc(OCc2ccccc2)cc1O. The summed E-state index contributed by atoms with van der Waals surface area (Å²) in [6.07, 6.45) is 5.63. The van der Waals surface area contributed by atoms with Crippen molar-refractivity contribution < 1.29 is 9.84 Å². The molecule has 2 heteroatoms. The van der Waals surface area contributed by atoms with Crippen molar-refractivity contribution >= 4 is 0 Å². The number of benzene rings is 2. The van der Waals surface area contributed by atoms with Crippen molar-refractivity contribution in [2.45, 2.75) is 13.0 Å². The van der Waals surface area contributed by atoms with Gasteiger partial charge in [-0.2, -0.15) is 0 Å². The second-order valence-electron chi connectivity index (χ2n) is 3.95. The highest BCUT2D eigenvalue weighted by Crippen LogP contribution is 2.24. The molecule has 0 fully saturated rings. The van der Waals surface area contributed by atoms with Crippen molar-refractivity contribution in [3.63, 3.8) is 0 Å². The van der Waals surface area contributed by atoms with Crippen LogP contribution in [-0.2, 0) is 13.0 Å². The molecule has 0 aromatic heterocycles. The summed E-state index contributed by atoms with van der Waals surface area (Å²) in [6.45, 7) is 0.481. The highest BCUT2D eigenvalue weighted by molar-refractivity contribution is 5.41. The monoisotopic (exact) mass is 238 g/mol. The third-order valence-electron chi connectivity index (χ3n) is 2.60. The molecule has 2 aromatic rings. The van der Waals surface area contributed by atoms with Gasteiger partial charge in [-0.15, -0.1) is 12.3 Å².